The average molecular weight is 335 g/mol. The number of rotatable bonds is 4. The molecule has 0 unspecified atom stereocenters. The van der Waals surface area contributed by atoms with E-state index in [9.17, 15) is 9.90 Å². The fourth-order valence-corrected chi connectivity index (χ4v) is 2.44. The zero-order valence-corrected chi connectivity index (χ0v) is 13.9. The van der Waals surface area contributed by atoms with E-state index in [0.29, 0.717) is 22.8 Å². The van der Waals surface area contributed by atoms with E-state index >= 15 is 0 Å². The van der Waals surface area contributed by atoms with Gasteiger partial charge in [-0.1, -0.05) is 12.1 Å². The summed E-state index contributed by atoms with van der Waals surface area (Å²) in [5.74, 6) is 0.309. The van der Waals surface area contributed by atoms with Crippen LogP contribution in [0.2, 0.25) is 0 Å². The van der Waals surface area contributed by atoms with Crippen molar-refractivity contribution in [3.05, 3.63) is 54.9 Å². The largest absolute Gasteiger partial charge is 0.504 e. The number of hydrogen-bond acceptors (Lipinski definition) is 5. The summed E-state index contributed by atoms with van der Waals surface area (Å²) in [5, 5.41) is 12.5. The van der Waals surface area contributed by atoms with Crippen LogP contribution in [0.15, 0.2) is 54.9 Å². The predicted octanol–water partition coefficient (Wildman–Crippen LogP) is 3.48. The van der Waals surface area contributed by atoms with Crippen molar-refractivity contribution in [2.45, 2.75) is 6.92 Å². The summed E-state index contributed by atoms with van der Waals surface area (Å²) in [7, 11) is 1.49. The van der Waals surface area contributed by atoms with E-state index in [1.807, 2.05) is 24.3 Å². The minimum absolute atomic E-state index is 0.0679. The summed E-state index contributed by atoms with van der Waals surface area (Å²) in [5.41, 5.74) is 3.65. The average Bonchev–Trinajstić information content (AvgIpc) is 2.62. The maximum absolute atomic E-state index is 11.2. The second kappa shape index (κ2) is 7.00. The molecule has 25 heavy (non-hydrogen) atoms. The third-order valence-electron chi connectivity index (χ3n) is 3.59. The first-order chi connectivity index (χ1) is 12.1. The van der Waals surface area contributed by atoms with Gasteiger partial charge in [0.25, 0.3) is 0 Å². The molecule has 1 aromatic heterocycles. The lowest BCUT2D eigenvalue weighted by molar-refractivity contribution is -0.114. The Balaban J connectivity index is 1.98. The third kappa shape index (κ3) is 3.74. The van der Waals surface area contributed by atoms with Gasteiger partial charge in [-0.2, -0.15) is 0 Å². The van der Waals surface area contributed by atoms with Crippen LogP contribution in [0.5, 0.6) is 11.5 Å². The molecule has 0 radical (unpaired) electrons. The van der Waals surface area contributed by atoms with Crippen LogP contribution in [0.25, 0.3) is 22.5 Å². The van der Waals surface area contributed by atoms with Crippen molar-refractivity contribution in [2.24, 2.45) is 0 Å². The number of benzene rings is 2. The van der Waals surface area contributed by atoms with Crippen molar-refractivity contribution >= 4 is 11.6 Å². The number of carbonyl (C=O) groups excluding carboxylic acids is 1. The third-order valence-corrected chi connectivity index (χ3v) is 3.59. The van der Waals surface area contributed by atoms with Crippen LogP contribution in [0.3, 0.4) is 0 Å². The van der Waals surface area contributed by atoms with Gasteiger partial charge >= 0.3 is 0 Å². The number of hydrogen-bond donors (Lipinski definition) is 2. The molecule has 6 heteroatoms. The molecule has 0 atom stereocenters. The van der Waals surface area contributed by atoms with E-state index < -0.39 is 0 Å². The van der Waals surface area contributed by atoms with E-state index in [4.69, 9.17) is 4.74 Å². The summed E-state index contributed by atoms with van der Waals surface area (Å²) < 4.78 is 5.14. The normalized spacial score (nSPS) is 10.3. The summed E-state index contributed by atoms with van der Waals surface area (Å²) in [6.45, 7) is 1.46. The highest BCUT2D eigenvalue weighted by Crippen LogP contribution is 2.31. The van der Waals surface area contributed by atoms with E-state index in [-0.39, 0.29) is 11.7 Å². The molecule has 0 aliphatic rings. The van der Waals surface area contributed by atoms with Gasteiger partial charge in [-0.15, -0.1) is 0 Å². The number of carbonyl (C=O) groups is 1. The SMILES string of the molecule is COc1cc(-c2cncc(-c3cccc(NC(C)=O)c3)n2)ccc1O. The van der Waals surface area contributed by atoms with Crippen LogP contribution in [-0.2, 0) is 4.79 Å². The fourth-order valence-electron chi connectivity index (χ4n) is 2.44. The monoisotopic (exact) mass is 335 g/mol. The van der Waals surface area contributed by atoms with Gasteiger partial charge in [0.15, 0.2) is 11.5 Å². The lowest BCUT2D eigenvalue weighted by Crippen LogP contribution is -2.05. The Bertz CT molecular complexity index is 925. The summed E-state index contributed by atoms with van der Waals surface area (Å²) in [6, 6.07) is 12.4. The van der Waals surface area contributed by atoms with Crippen molar-refractivity contribution in [2.75, 3.05) is 12.4 Å². The molecular formula is C19H17N3O3. The highest BCUT2D eigenvalue weighted by Gasteiger charge is 2.08. The zero-order chi connectivity index (χ0) is 17.8. The number of phenols is 1. The smallest absolute Gasteiger partial charge is 0.221 e. The number of amides is 1. The number of anilines is 1. The second-order valence-electron chi connectivity index (χ2n) is 5.44. The summed E-state index contributed by atoms with van der Waals surface area (Å²) in [4.78, 5) is 20.1. The minimum atomic E-state index is -0.131. The number of aromatic nitrogens is 2. The molecule has 3 aromatic rings. The number of nitrogens with zero attached hydrogens (tertiary/aromatic N) is 2. The number of nitrogens with one attached hydrogen (secondary N) is 1. The molecule has 0 bridgehead atoms. The Morgan fingerprint density at radius 3 is 2.48 bits per heavy atom. The maximum atomic E-state index is 11.2. The van der Waals surface area contributed by atoms with Gasteiger partial charge in [0, 0.05) is 23.7 Å². The molecular weight excluding hydrogens is 318 g/mol. The minimum Gasteiger partial charge on any atom is -0.504 e. The topological polar surface area (TPSA) is 84.3 Å². The van der Waals surface area contributed by atoms with Gasteiger partial charge in [-0.3, -0.25) is 9.78 Å². The van der Waals surface area contributed by atoms with Crippen molar-refractivity contribution < 1.29 is 14.6 Å². The first kappa shape index (κ1) is 16.4. The molecule has 0 fully saturated rings. The lowest BCUT2D eigenvalue weighted by atomic mass is 10.1. The Kier molecular flexibility index (Phi) is 4.61. The van der Waals surface area contributed by atoms with Crippen molar-refractivity contribution in [3.8, 4) is 34.0 Å². The predicted molar refractivity (Wildman–Crippen MR) is 95.4 cm³/mol. The standard InChI is InChI=1S/C19H17N3O3/c1-12(23)21-15-5-3-4-13(8-15)16-10-20-11-17(22-16)14-6-7-18(24)19(9-14)25-2/h3-11,24H,1-2H3,(H,21,23). The van der Waals surface area contributed by atoms with Gasteiger partial charge in [0.05, 0.1) is 30.9 Å². The van der Waals surface area contributed by atoms with Crippen LogP contribution >= 0.6 is 0 Å². The molecule has 126 valence electrons. The molecule has 0 saturated heterocycles. The molecule has 1 heterocycles. The number of methoxy groups -OCH3 is 1. The van der Waals surface area contributed by atoms with Crippen LogP contribution in [0.4, 0.5) is 5.69 Å². The highest BCUT2D eigenvalue weighted by molar-refractivity contribution is 5.89. The lowest BCUT2D eigenvalue weighted by Gasteiger charge is -2.08. The maximum Gasteiger partial charge on any atom is 0.221 e. The number of aromatic hydroxyl groups is 1. The molecule has 6 nitrogen and oxygen atoms in total. The molecule has 0 aliphatic carbocycles. The first-order valence-corrected chi connectivity index (χ1v) is 7.64. The number of ether oxygens (including phenoxy) is 1. The first-order valence-electron chi connectivity index (χ1n) is 7.64. The summed E-state index contributed by atoms with van der Waals surface area (Å²) in [6.07, 6.45) is 3.31. The van der Waals surface area contributed by atoms with Gasteiger partial charge < -0.3 is 15.2 Å². The Morgan fingerprint density at radius 1 is 1.08 bits per heavy atom. The Labute approximate surface area is 145 Å². The van der Waals surface area contributed by atoms with Gasteiger partial charge in [-0.05, 0) is 30.3 Å². The van der Waals surface area contributed by atoms with Crippen molar-refractivity contribution in [1.82, 2.24) is 9.97 Å². The van der Waals surface area contributed by atoms with Crippen LogP contribution < -0.4 is 10.1 Å². The molecule has 2 aromatic carbocycles. The van der Waals surface area contributed by atoms with Crippen LogP contribution in [0.1, 0.15) is 6.92 Å². The second-order valence-corrected chi connectivity index (χ2v) is 5.44. The van der Waals surface area contributed by atoms with Crippen LogP contribution in [-0.4, -0.2) is 28.1 Å². The molecule has 3 rings (SSSR count). The van der Waals surface area contributed by atoms with Crippen molar-refractivity contribution in [3.63, 3.8) is 0 Å². The molecule has 2 N–H and O–H groups in total. The van der Waals surface area contributed by atoms with Gasteiger partial charge in [0.1, 0.15) is 0 Å². The molecule has 1 amide bonds. The highest BCUT2D eigenvalue weighted by atomic mass is 16.5. The van der Waals surface area contributed by atoms with E-state index in [1.165, 1.54) is 14.0 Å². The van der Waals surface area contributed by atoms with E-state index in [1.54, 1.807) is 30.6 Å². The zero-order valence-electron chi connectivity index (χ0n) is 13.9. The van der Waals surface area contributed by atoms with E-state index in [0.717, 1.165) is 11.1 Å². The molecule has 0 aliphatic heterocycles. The number of phenolic OH excluding ortho intramolecular Hbond substituents is 1. The van der Waals surface area contributed by atoms with E-state index in [2.05, 4.69) is 15.3 Å². The molecule has 0 saturated carbocycles. The fraction of sp³-hybridized carbons (Fsp3) is 0.105. The molecule has 0 spiro atoms. The quantitative estimate of drug-likeness (QED) is 0.762. The Hall–Kier alpha value is -3.41. The Morgan fingerprint density at radius 2 is 1.80 bits per heavy atom. The van der Waals surface area contributed by atoms with Crippen LogP contribution in [0, 0.1) is 0 Å². The summed E-state index contributed by atoms with van der Waals surface area (Å²) >= 11 is 0. The van der Waals surface area contributed by atoms with Crippen molar-refractivity contribution in [1.29, 1.82) is 0 Å². The van der Waals surface area contributed by atoms with Gasteiger partial charge in [0.2, 0.25) is 5.91 Å². The van der Waals surface area contributed by atoms with Gasteiger partial charge in [-0.25, -0.2) is 4.98 Å².